The van der Waals surface area contributed by atoms with E-state index in [1.54, 1.807) is 6.34 Å². The number of nitrogens with zero attached hydrogens (tertiary/aromatic N) is 2. The number of hydrogen-bond donors (Lipinski definition) is 1. The number of aliphatic imine (C=N–C) groups is 2. The molecule has 0 bridgehead atoms. The van der Waals surface area contributed by atoms with Crippen molar-refractivity contribution >= 4 is 12.2 Å². The molecule has 1 atom stereocenters. The van der Waals surface area contributed by atoms with Gasteiger partial charge in [0.2, 0.25) is 0 Å². The first-order valence-electron chi connectivity index (χ1n) is 9.14. The Morgan fingerprint density at radius 3 is 2.31 bits per heavy atom. The number of nitrogens with one attached hydrogen (secondary N) is 1. The van der Waals surface area contributed by atoms with Gasteiger partial charge in [0.25, 0.3) is 5.85 Å². The first-order chi connectivity index (χ1) is 12.4. The maximum atomic E-state index is 6.25. The second-order valence-electron chi connectivity index (χ2n) is 6.97. The van der Waals surface area contributed by atoms with Gasteiger partial charge in [0.15, 0.2) is 5.84 Å². The lowest BCUT2D eigenvalue weighted by molar-refractivity contribution is -0.0565. The summed E-state index contributed by atoms with van der Waals surface area (Å²) < 4.78 is 6.25. The maximum absolute atomic E-state index is 6.25. The lowest BCUT2D eigenvalue weighted by Gasteiger charge is -2.34. The van der Waals surface area contributed by atoms with Gasteiger partial charge in [-0.05, 0) is 45.2 Å². The minimum Gasteiger partial charge on any atom is -0.333 e. The van der Waals surface area contributed by atoms with Gasteiger partial charge in [-0.1, -0.05) is 54.4 Å². The third-order valence-electron chi connectivity index (χ3n) is 4.60. The van der Waals surface area contributed by atoms with E-state index in [2.05, 4.69) is 81.3 Å². The third kappa shape index (κ3) is 3.56. The standard InChI is InChI=1S/C22H27N3O/c1-6-11-26-22(20-10-8-16(3)13-18(20)5)24-14-23-21(25-22)19-9-7-15(2)12-17(19)4/h7-10,12-14H,6,11H2,1-5H3,(H,23,24,25). The molecule has 0 aromatic heterocycles. The molecule has 3 rings (SSSR count). The number of aryl methyl sites for hydroxylation is 4. The molecule has 0 amide bonds. The highest BCUT2D eigenvalue weighted by Gasteiger charge is 2.36. The lowest BCUT2D eigenvalue weighted by atomic mass is 10.00. The van der Waals surface area contributed by atoms with Gasteiger partial charge in [0, 0.05) is 11.1 Å². The van der Waals surface area contributed by atoms with E-state index in [1.807, 2.05) is 0 Å². The number of rotatable bonds is 5. The Labute approximate surface area is 156 Å². The van der Waals surface area contributed by atoms with Crippen LogP contribution in [0.3, 0.4) is 0 Å². The quantitative estimate of drug-likeness (QED) is 0.861. The summed E-state index contributed by atoms with van der Waals surface area (Å²) >= 11 is 0. The van der Waals surface area contributed by atoms with Crippen LogP contribution in [0.15, 0.2) is 46.4 Å². The fraction of sp³-hybridized carbons (Fsp3) is 0.364. The monoisotopic (exact) mass is 349 g/mol. The van der Waals surface area contributed by atoms with Crippen molar-refractivity contribution in [3.8, 4) is 0 Å². The summed E-state index contributed by atoms with van der Waals surface area (Å²) in [7, 11) is 0. The molecule has 0 saturated carbocycles. The van der Waals surface area contributed by atoms with E-state index in [4.69, 9.17) is 9.73 Å². The van der Waals surface area contributed by atoms with Crippen molar-refractivity contribution in [2.45, 2.75) is 46.9 Å². The zero-order valence-corrected chi connectivity index (χ0v) is 16.3. The molecule has 1 N–H and O–H groups in total. The Bertz CT molecular complexity index is 870. The summed E-state index contributed by atoms with van der Waals surface area (Å²) in [6.07, 6.45) is 2.62. The van der Waals surface area contributed by atoms with Crippen LogP contribution in [0.5, 0.6) is 0 Å². The molecular weight excluding hydrogens is 322 g/mol. The Kier molecular flexibility index (Phi) is 5.23. The molecule has 26 heavy (non-hydrogen) atoms. The van der Waals surface area contributed by atoms with Crippen molar-refractivity contribution in [2.75, 3.05) is 6.61 Å². The maximum Gasteiger partial charge on any atom is 0.267 e. The van der Waals surface area contributed by atoms with E-state index in [9.17, 15) is 0 Å². The molecule has 1 aliphatic rings. The molecule has 1 heterocycles. The largest absolute Gasteiger partial charge is 0.333 e. The van der Waals surface area contributed by atoms with E-state index in [0.717, 1.165) is 28.7 Å². The van der Waals surface area contributed by atoms with Crippen LogP contribution in [-0.4, -0.2) is 18.8 Å². The van der Waals surface area contributed by atoms with Gasteiger partial charge in [-0.15, -0.1) is 0 Å². The molecule has 4 heteroatoms. The topological polar surface area (TPSA) is 46.0 Å². The van der Waals surface area contributed by atoms with E-state index in [0.29, 0.717) is 12.4 Å². The average molecular weight is 349 g/mol. The van der Waals surface area contributed by atoms with Crippen LogP contribution < -0.4 is 5.32 Å². The van der Waals surface area contributed by atoms with Gasteiger partial charge >= 0.3 is 0 Å². The highest BCUT2D eigenvalue weighted by molar-refractivity contribution is 6.05. The summed E-state index contributed by atoms with van der Waals surface area (Å²) in [5.74, 6) is -0.250. The Morgan fingerprint density at radius 1 is 0.962 bits per heavy atom. The molecule has 0 saturated heterocycles. The highest BCUT2D eigenvalue weighted by Crippen LogP contribution is 2.31. The molecule has 0 fully saturated rings. The normalized spacial score (nSPS) is 19.2. The molecule has 2 aromatic carbocycles. The molecular formula is C22H27N3O. The second-order valence-corrected chi connectivity index (χ2v) is 6.97. The van der Waals surface area contributed by atoms with Crippen molar-refractivity contribution in [3.63, 3.8) is 0 Å². The van der Waals surface area contributed by atoms with Crippen molar-refractivity contribution in [1.82, 2.24) is 5.32 Å². The zero-order valence-electron chi connectivity index (χ0n) is 16.3. The van der Waals surface area contributed by atoms with Crippen LogP contribution in [0, 0.1) is 27.7 Å². The van der Waals surface area contributed by atoms with Crippen LogP contribution >= 0.6 is 0 Å². The van der Waals surface area contributed by atoms with Gasteiger partial charge in [-0.25, -0.2) is 9.98 Å². The first-order valence-corrected chi connectivity index (χ1v) is 9.14. The number of benzene rings is 2. The minimum absolute atomic E-state index is 0.609. The molecule has 136 valence electrons. The molecule has 2 aromatic rings. The fourth-order valence-electron chi connectivity index (χ4n) is 3.32. The number of amidine groups is 1. The van der Waals surface area contributed by atoms with Gasteiger partial charge < -0.3 is 10.1 Å². The van der Waals surface area contributed by atoms with Crippen LogP contribution in [0.25, 0.3) is 0 Å². The van der Waals surface area contributed by atoms with Crippen molar-refractivity contribution in [2.24, 2.45) is 9.98 Å². The predicted octanol–water partition coefficient (Wildman–Crippen LogP) is 4.54. The smallest absolute Gasteiger partial charge is 0.267 e. The lowest BCUT2D eigenvalue weighted by Crippen LogP contribution is -2.46. The summed E-state index contributed by atoms with van der Waals surface area (Å²) in [5, 5.41) is 3.27. The van der Waals surface area contributed by atoms with Crippen LogP contribution in [0.4, 0.5) is 0 Å². The summed E-state index contributed by atoms with van der Waals surface area (Å²) in [6.45, 7) is 11.1. The second kappa shape index (κ2) is 7.42. The van der Waals surface area contributed by atoms with Crippen molar-refractivity contribution in [3.05, 3.63) is 69.8 Å². The SMILES string of the molecule is CCCOC1(c2ccc(C)cc2C)N=C(c2ccc(C)cc2C)N=CN1. The van der Waals surface area contributed by atoms with E-state index in [1.165, 1.54) is 11.1 Å². The van der Waals surface area contributed by atoms with Crippen LogP contribution in [0.2, 0.25) is 0 Å². The molecule has 4 nitrogen and oxygen atoms in total. The Balaban J connectivity index is 2.12. The van der Waals surface area contributed by atoms with Crippen LogP contribution in [-0.2, 0) is 10.6 Å². The van der Waals surface area contributed by atoms with Gasteiger partial charge in [-0.2, -0.15) is 0 Å². The van der Waals surface area contributed by atoms with Crippen molar-refractivity contribution in [1.29, 1.82) is 0 Å². The first kappa shape index (κ1) is 18.3. The summed E-state index contributed by atoms with van der Waals surface area (Å²) in [4.78, 5) is 9.46. The average Bonchev–Trinajstić information content (AvgIpc) is 2.60. The highest BCUT2D eigenvalue weighted by atomic mass is 16.5. The third-order valence-corrected chi connectivity index (χ3v) is 4.60. The van der Waals surface area contributed by atoms with E-state index >= 15 is 0 Å². The van der Waals surface area contributed by atoms with E-state index < -0.39 is 5.85 Å². The fourth-order valence-corrected chi connectivity index (χ4v) is 3.32. The van der Waals surface area contributed by atoms with Crippen molar-refractivity contribution < 1.29 is 4.74 Å². The minimum atomic E-state index is -0.942. The van der Waals surface area contributed by atoms with E-state index in [-0.39, 0.29) is 0 Å². The summed E-state index contributed by atoms with van der Waals surface area (Å²) in [6, 6.07) is 12.7. The Hall–Kier alpha value is -2.46. The Morgan fingerprint density at radius 2 is 1.65 bits per heavy atom. The number of hydrogen-bond acceptors (Lipinski definition) is 4. The number of ether oxygens (including phenoxy) is 1. The van der Waals surface area contributed by atoms with Crippen LogP contribution in [0.1, 0.15) is 46.7 Å². The van der Waals surface area contributed by atoms with Gasteiger partial charge in [-0.3, -0.25) is 0 Å². The van der Waals surface area contributed by atoms with Gasteiger partial charge in [0.05, 0.1) is 12.9 Å². The molecule has 1 unspecified atom stereocenters. The van der Waals surface area contributed by atoms with Gasteiger partial charge in [0.1, 0.15) is 0 Å². The zero-order chi connectivity index (χ0) is 18.7. The summed E-state index contributed by atoms with van der Waals surface area (Å²) in [5.41, 5.74) is 6.81. The molecule has 1 aliphatic heterocycles. The predicted molar refractivity (Wildman–Crippen MR) is 108 cm³/mol. The molecule has 0 spiro atoms. The molecule has 0 aliphatic carbocycles. The molecule has 0 radical (unpaired) electrons.